The quantitative estimate of drug-likeness (QED) is 0.866. The van der Waals surface area contributed by atoms with Gasteiger partial charge in [-0.1, -0.05) is 23.4 Å². The first-order chi connectivity index (χ1) is 8.16. The van der Waals surface area contributed by atoms with E-state index in [-0.39, 0.29) is 5.56 Å². The molecule has 0 atom stereocenters. The van der Waals surface area contributed by atoms with Gasteiger partial charge in [-0.2, -0.15) is 0 Å². The van der Waals surface area contributed by atoms with Gasteiger partial charge < -0.3 is 5.11 Å². The number of carboxylic acids is 1. The van der Waals surface area contributed by atoms with Gasteiger partial charge >= 0.3 is 5.97 Å². The molecule has 0 aliphatic rings. The van der Waals surface area contributed by atoms with Crippen LogP contribution in [0.1, 0.15) is 10.4 Å². The van der Waals surface area contributed by atoms with Gasteiger partial charge in [0, 0.05) is 16.1 Å². The minimum absolute atomic E-state index is 0.168. The lowest BCUT2D eigenvalue weighted by atomic mass is 10.2. The summed E-state index contributed by atoms with van der Waals surface area (Å²) in [6, 6.07) is 6.45. The molecule has 1 N–H and O–H groups in total. The Hall–Kier alpha value is -1.59. The van der Waals surface area contributed by atoms with Crippen LogP contribution in [0.15, 0.2) is 46.7 Å². The molecule has 4 nitrogen and oxygen atoms in total. The summed E-state index contributed by atoms with van der Waals surface area (Å²) < 4.78 is 0. The lowest BCUT2D eigenvalue weighted by Gasteiger charge is -2.05. The van der Waals surface area contributed by atoms with Gasteiger partial charge in [0.1, 0.15) is 11.4 Å². The van der Waals surface area contributed by atoms with Crippen LogP contribution in [0, 0.1) is 0 Å². The van der Waals surface area contributed by atoms with Gasteiger partial charge in [-0.05, 0) is 24.3 Å². The summed E-state index contributed by atoms with van der Waals surface area (Å²) in [5.41, 5.74) is 0.168. The molecule has 2 rings (SSSR count). The molecule has 0 radical (unpaired) electrons. The average molecular weight is 267 g/mol. The summed E-state index contributed by atoms with van der Waals surface area (Å²) in [7, 11) is 0. The molecule has 6 heteroatoms. The van der Waals surface area contributed by atoms with Crippen LogP contribution in [-0.4, -0.2) is 21.0 Å². The normalized spacial score (nSPS) is 10.2. The maximum atomic E-state index is 11.1. The molecule has 1 heterocycles. The van der Waals surface area contributed by atoms with Crippen LogP contribution in [0.25, 0.3) is 0 Å². The van der Waals surface area contributed by atoms with E-state index in [2.05, 4.69) is 9.97 Å². The molecule has 0 bridgehead atoms. The number of hydrogen-bond donors (Lipinski definition) is 1. The van der Waals surface area contributed by atoms with Gasteiger partial charge in [0.05, 0.1) is 5.56 Å². The van der Waals surface area contributed by atoms with E-state index < -0.39 is 5.97 Å². The first-order valence-corrected chi connectivity index (χ1v) is 5.83. The largest absolute Gasteiger partial charge is 0.478 e. The first-order valence-electron chi connectivity index (χ1n) is 4.63. The van der Waals surface area contributed by atoms with Gasteiger partial charge in [0.2, 0.25) is 0 Å². The Kier molecular flexibility index (Phi) is 3.61. The molecule has 0 aliphatic heterocycles. The van der Waals surface area contributed by atoms with Crippen molar-refractivity contribution in [1.82, 2.24) is 9.97 Å². The molecule has 0 fully saturated rings. The van der Waals surface area contributed by atoms with Crippen molar-refractivity contribution in [1.29, 1.82) is 0 Å². The monoisotopic (exact) mass is 266 g/mol. The number of hydrogen-bond acceptors (Lipinski definition) is 4. The molecule has 86 valence electrons. The minimum atomic E-state index is -1.01. The van der Waals surface area contributed by atoms with Crippen LogP contribution in [0.5, 0.6) is 0 Å². The zero-order valence-electron chi connectivity index (χ0n) is 8.50. The van der Waals surface area contributed by atoms with Crippen molar-refractivity contribution >= 4 is 29.3 Å². The van der Waals surface area contributed by atoms with Crippen molar-refractivity contribution in [2.75, 3.05) is 0 Å². The van der Waals surface area contributed by atoms with E-state index >= 15 is 0 Å². The third-order valence-corrected chi connectivity index (χ3v) is 3.20. The number of aromatic carboxylic acids is 1. The predicted octanol–water partition coefficient (Wildman–Crippen LogP) is 2.98. The average Bonchev–Trinajstić information content (AvgIpc) is 2.32. The summed E-state index contributed by atoms with van der Waals surface area (Å²) in [6.07, 6.45) is 3.02. The smallest absolute Gasteiger partial charge is 0.336 e. The van der Waals surface area contributed by atoms with Gasteiger partial charge in [0.25, 0.3) is 0 Å². The van der Waals surface area contributed by atoms with Crippen LogP contribution < -0.4 is 0 Å². The second-order valence-electron chi connectivity index (χ2n) is 3.10. The second-order valence-corrected chi connectivity index (χ2v) is 4.59. The summed E-state index contributed by atoms with van der Waals surface area (Å²) in [6.45, 7) is 0. The lowest BCUT2D eigenvalue weighted by Crippen LogP contribution is -1.98. The van der Waals surface area contributed by atoms with Gasteiger partial charge in [-0.3, -0.25) is 0 Å². The Bertz CT molecular complexity index is 548. The summed E-state index contributed by atoms with van der Waals surface area (Å²) in [4.78, 5) is 19.5. The molecule has 0 saturated heterocycles. The van der Waals surface area contributed by atoms with E-state index in [1.807, 2.05) is 0 Å². The summed E-state index contributed by atoms with van der Waals surface area (Å²) in [5, 5.41) is 10.1. The zero-order valence-corrected chi connectivity index (χ0v) is 10.1. The topological polar surface area (TPSA) is 63.1 Å². The van der Waals surface area contributed by atoms with E-state index in [0.29, 0.717) is 14.9 Å². The van der Waals surface area contributed by atoms with Gasteiger partial charge in [-0.15, -0.1) is 0 Å². The third kappa shape index (κ3) is 2.95. The van der Waals surface area contributed by atoms with E-state index in [1.165, 1.54) is 24.2 Å². The van der Waals surface area contributed by atoms with Crippen molar-refractivity contribution in [2.45, 2.75) is 9.92 Å². The van der Waals surface area contributed by atoms with Crippen molar-refractivity contribution < 1.29 is 9.90 Å². The molecule has 0 amide bonds. The lowest BCUT2D eigenvalue weighted by molar-refractivity contribution is 0.0693. The Labute approximate surface area is 107 Å². The summed E-state index contributed by atoms with van der Waals surface area (Å²) >= 11 is 7.03. The highest BCUT2D eigenvalue weighted by atomic mass is 35.5. The Morgan fingerprint density at radius 2 is 2.18 bits per heavy atom. The van der Waals surface area contributed by atoms with Gasteiger partial charge in [0.15, 0.2) is 0 Å². The molecule has 1 aromatic heterocycles. The predicted molar refractivity (Wildman–Crippen MR) is 64.6 cm³/mol. The molecular formula is C11H7ClN2O2S. The first kappa shape index (κ1) is 11.9. The highest BCUT2D eigenvalue weighted by Crippen LogP contribution is 2.30. The van der Waals surface area contributed by atoms with Crippen LogP contribution in [0.2, 0.25) is 5.02 Å². The highest BCUT2D eigenvalue weighted by Gasteiger charge is 2.12. The van der Waals surface area contributed by atoms with Crippen LogP contribution in [-0.2, 0) is 0 Å². The second kappa shape index (κ2) is 5.16. The molecule has 0 unspecified atom stereocenters. The van der Waals surface area contributed by atoms with Crippen LogP contribution >= 0.6 is 23.4 Å². The summed E-state index contributed by atoms with van der Waals surface area (Å²) in [5.74, 6) is -1.01. The third-order valence-electron chi connectivity index (χ3n) is 1.94. The Morgan fingerprint density at radius 1 is 1.35 bits per heavy atom. The zero-order chi connectivity index (χ0) is 12.3. The fourth-order valence-electron chi connectivity index (χ4n) is 1.21. The highest BCUT2D eigenvalue weighted by molar-refractivity contribution is 7.99. The van der Waals surface area contributed by atoms with Crippen molar-refractivity contribution in [3.05, 3.63) is 47.4 Å². The van der Waals surface area contributed by atoms with E-state index in [4.69, 9.17) is 16.7 Å². The van der Waals surface area contributed by atoms with E-state index in [1.54, 1.807) is 24.4 Å². The maximum absolute atomic E-state index is 11.1. The number of aromatic nitrogens is 2. The molecule has 0 aliphatic carbocycles. The van der Waals surface area contributed by atoms with Crippen molar-refractivity contribution in [2.24, 2.45) is 0 Å². The number of rotatable bonds is 3. The number of benzene rings is 1. The molecule has 17 heavy (non-hydrogen) atoms. The Balaban J connectivity index is 2.36. The molecular weight excluding hydrogens is 260 g/mol. The Morgan fingerprint density at radius 3 is 2.82 bits per heavy atom. The van der Waals surface area contributed by atoms with E-state index in [9.17, 15) is 4.79 Å². The molecule has 0 spiro atoms. The SMILES string of the molecule is O=C(O)c1cc(Cl)ccc1Sc1ccncn1. The standard InChI is InChI=1S/C11H7ClN2O2S/c12-7-1-2-9(8(5-7)11(15)16)17-10-3-4-13-6-14-10/h1-6H,(H,15,16). The maximum Gasteiger partial charge on any atom is 0.336 e. The number of nitrogens with zero attached hydrogens (tertiary/aromatic N) is 2. The fourth-order valence-corrected chi connectivity index (χ4v) is 2.23. The van der Waals surface area contributed by atoms with Crippen molar-refractivity contribution in [3.63, 3.8) is 0 Å². The molecule has 1 aromatic carbocycles. The minimum Gasteiger partial charge on any atom is -0.478 e. The molecule has 2 aromatic rings. The fraction of sp³-hybridized carbons (Fsp3) is 0. The number of carbonyl (C=O) groups is 1. The van der Waals surface area contributed by atoms with Gasteiger partial charge in [-0.25, -0.2) is 14.8 Å². The van der Waals surface area contributed by atoms with E-state index in [0.717, 1.165) is 0 Å². The van der Waals surface area contributed by atoms with Crippen molar-refractivity contribution in [3.8, 4) is 0 Å². The molecule has 0 saturated carbocycles. The number of halogens is 1. The van der Waals surface area contributed by atoms with Crippen LogP contribution in [0.3, 0.4) is 0 Å². The number of carboxylic acid groups (broad SMARTS) is 1. The van der Waals surface area contributed by atoms with Crippen LogP contribution in [0.4, 0.5) is 0 Å².